The minimum absolute atomic E-state index is 0. The molecule has 1 heterocycles. The van der Waals surface area contributed by atoms with E-state index in [0.717, 1.165) is 24.4 Å². The lowest BCUT2D eigenvalue weighted by Crippen LogP contribution is -3.15. The van der Waals surface area contributed by atoms with E-state index in [-0.39, 0.29) is 24.9 Å². The van der Waals surface area contributed by atoms with Gasteiger partial charge in [-0.15, -0.1) is 0 Å². The fourth-order valence-corrected chi connectivity index (χ4v) is 3.36. The van der Waals surface area contributed by atoms with Crippen molar-refractivity contribution < 1.29 is 31.9 Å². The van der Waals surface area contributed by atoms with Gasteiger partial charge in [0, 0.05) is 6.08 Å². The van der Waals surface area contributed by atoms with E-state index < -0.39 is 6.10 Å². The number of piperazine rings is 1. The molecular weight excluding hydrogens is 402 g/mol. The number of nitriles is 1. The maximum atomic E-state index is 12.4. The molecule has 30 heavy (non-hydrogen) atoms. The Morgan fingerprint density at radius 3 is 2.53 bits per heavy atom. The van der Waals surface area contributed by atoms with E-state index >= 15 is 0 Å². The predicted octanol–water partition coefficient (Wildman–Crippen LogP) is -2.26. The third-order valence-corrected chi connectivity index (χ3v) is 4.98. The van der Waals surface area contributed by atoms with E-state index in [1.165, 1.54) is 11.0 Å². The van der Waals surface area contributed by atoms with Gasteiger partial charge >= 0.3 is 0 Å². The molecule has 0 aliphatic carbocycles. The number of hydrogen-bond donors (Lipinski definition) is 2. The summed E-state index contributed by atoms with van der Waals surface area (Å²) in [7, 11) is 0. The molecule has 6 nitrogen and oxygen atoms in total. The number of halogens is 1. The summed E-state index contributed by atoms with van der Waals surface area (Å²) in [6.45, 7) is 3.72. The molecule has 2 N–H and O–H groups in total. The second-order valence-corrected chi connectivity index (χ2v) is 7.09. The van der Waals surface area contributed by atoms with Crippen molar-refractivity contribution in [3.8, 4) is 11.8 Å². The van der Waals surface area contributed by atoms with Gasteiger partial charge in [0.15, 0.2) is 0 Å². The summed E-state index contributed by atoms with van der Waals surface area (Å²) < 4.78 is 5.60. The van der Waals surface area contributed by atoms with Gasteiger partial charge in [-0.25, -0.2) is 0 Å². The number of carbonyl (C=O) groups excluding carboxylic acids is 1. The van der Waals surface area contributed by atoms with E-state index in [2.05, 4.69) is 6.07 Å². The number of para-hydroxylation sites is 1. The fraction of sp³-hybridized carbons (Fsp3) is 0.304. The van der Waals surface area contributed by atoms with Crippen LogP contribution < -0.4 is 22.0 Å². The Balaban J connectivity index is 0.00000320. The van der Waals surface area contributed by atoms with Crippen LogP contribution in [-0.2, 0) is 4.79 Å². The molecule has 1 amide bonds. The molecule has 1 fully saturated rings. The number of aliphatic hydroxyl groups is 1. The number of carbonyl (C=O) groups is 1. The number of rotatable bonds is 7. The normalized spacial score (nSPS) is 15.3. The number of amides is 1. The Morgan fingerprint density at radius 2 is 1.83 bits per heavy atom. The summed E-state index contributed by atoms with van der Waals surface area (Å²) >= 11 is 0. The number of quaternary nitrogens is 1. The molecule has 0 spiro atoms. The highest BCUT2D eigenvalue weighted by atomic mass is 35.5. The largest absolute Gasteiger partial charge is 1.00 e. The van der Waals surface area contributed by atoms with Crippen molar-refractivity contribution in [2.45, 2.75) is 6.10 Å². The first-order chi connectivity index (χ1) is 14.2. The number of aliphatic hydroxyl groups excluding tert-OH is 1. The first kappa shape index (κ1) is 23.4. The van der Waals surface area contributed by atoms with E-state index in [4.69, 9.17) is 10.00 Å². The number of benzene rings is 2. The third-order valence-electron chi connectivity index (χ3n) is 4.98. The van der Waals surface area contributed by atoms with Crippen molar-refractivity contribution in [2.75, 3.05) is 39.3 Å². The van der Waals surface area contributed by atoms with E-state index in [1.807, 2.05) is 47.4 Å². The molecule has 3 rings (SSSR count). The summed E-state index contributed by atoms with van der Waals surface area (Å²) in [5.74, 6) is 0.700. The third kappa shape index (κ3) is 6.89. The van der Waals surface area contributed by atoms with Crippen LogP contribution in [0, 0.1) is 11.3 Å². The van der Waals surface area contributed by atoms with Gasteiger partial charge in [0.05, 0.1) is 37.8 Å². The van der Waals surface area contributed by atoms with Crippen molar-refractivity contribution >= 4 is 12.0 Å². The second-order valence-electron chi connectivity index (χ2n) is 7.09. The Bertz CT molecular complexity index is 875. The van der Waals surface area contributed by atoms with E-state index in [0.29, 0.717) is 25.2 Å². The summed E-state index contributed by atoms with van der Waals surface area (Å²) in [5.41, 5.74) is 1.30. The van der Waals surface area contributed by atoms with Crippen LogP contribution in [0.2, 0.25) is 0 Å². The van der Waals surface area contributed by atoms with Crippen molar-refractivity contribution in [1.82, 2.24) is 4.90 Å². The van der Waals surface area contributed by atoms with Crippen LogP contribution in [0.1, 0.15) is 11.1 Å². The molecule has 1 aliphatic heterocycles. The summed E-state index contributed by atoms with van der Waals surface area (Å²) in [6, 6.07) is 18.8. The van der Waals surface area contributed by atoms with Gasteiger partial charge in [-0.05, 0) is 29.8 Å². The zero-order chi connectivity index (χ0) is 20.5. The average molecular weight is 428 g/mol. The van der Waals surface area contributed by atoms with Crippen LogP contribution in [-0.4, -0.2) is 61.3 Å². The van der Waals surface area contributed by atoms with E-state index in [9.17, 15) is 9.90 Å². The summed E-state index contributed by atoms with van der Waals surface area (Å²) in [6.07, 6.45) is 2.68. The second kappa shape index (κ2) is 12.0. The predicted molar refractivity (Wildman–Crippen MR) is 110 cm³/mol. The monoisotopic (exact) mass is 427 g/mol. The van der Waals surface area contributed by atoms with Crippen LogP contribution in [0.3, 0.4) is 0 Å². The van der Waals surface area contributed by atoms with Gasteiger partial charge in [0.1, 0.15) is 25.0 Å². The lowest BCUT2D eigenvalue weighted by atomic mass is 10.1. The molecule has 0 saturated carbocycles. The first-order valence-corrected chi connectivity index (χ1v) is 9.81. The molecule has 0 radical (unpaired) electrons. The highest BCUT2D eigenvalue weighted by Crippen LogP contribution is 2.10. The van der Waals surface area contributed by atoms with Crippen LogP contribution in [0.25, 0.3) is 6.08 Å². The minimum atomic E-state index is -0.546. The molecule has 1 unspecified atom stereocenters. The molecule has 158 valence electrons. The molecule has 0 bridgehead atoms. The quantitative estimate of drug-likeness (QED) is 0.489. The number of hydrogen-bond acceptors (Lipinski definition) is 4. The van der Waals surface area contributed by atoms with Crippen molar-refractivity contribution in [3.63, 3.8) is 0 Å². The maximum absolute atomic E-state index is 12.4. The van der Waals surface area contributed by atoms with Gasteiger partial charge in [-0.1, -0.05) is 36.4 Å². The maximum Gasteiger partial charge on any atom is 0.246 e. The highest BCUT2D eigenvalue weighted by Gasteiger charge is 2.24. The fourth-order valence-electron chi connectivity index (χ4n) is 3.36. The average Bonchev–Trinajstić information content (AvgIpc) is 2.77. The topological polar surface area (TPSA) is 78.0 Å². The standard InChI is InChI=1S/C23H25N3O3.ClH/c24-16-20-7-5-4-6-19(20)10-11-23(28)26-14-12-25(13-15-26)17-21(27)18-29-22-8-2-1-3-9-22;/h1-11,21,27H,12-15,17-18H2;1H/b11-10+;. The van der Waals surface area contributed by atoms with Crippen LogP contribution in [0.4, 0.5) is 0 Å². The van der Waals surface area contributed by atoms with Crippen LogP contribution in [0.15, 0.2) is 60.7 Å². The van der Waals surface area contributed by atoms with Crippen LogP contribution in [0.5, 0.6) is 5.75 Å². The van der Waals surface area contributed by atoms with Crippen molar-refractivity contribution in [1.29, 1.82) is 5.26 Å². The van der Waals surface area contributed by atoms with Crippen molar-refractivity contribution in [2.24, 2.45) is 0 Å². The summed E-state index contributed by atoms with van der Waals surface area (Å²) in [5, 5.41) is 19.4. The SMILES string of the molecule is N#Cc1ccccc1/C=C/C(=O)N1CC[NH+](CC(O)COc2ccccc2)CC1.[Cl-]. The molecule has 1 saturated heterocycles. The van der Waals surface area contributed by atoms with Crippen LogP contribution >= 0.6 is 0 Å². The molecule has 0 aromatic heterocycles. The van der Waals surface area contributed by atoms with Crippen molar-refractivity contribution in [3.05, 3.63) is 71.8 Å². The van der Waals surface area contributed by atoms with Gasteiger partial charge < -0.3 is 32.1 Å². The number of nitrogens with one attached hydrogen (secondary N) is 1. The molecule has 2 aromatic rings. The smallest absolute Gasteiger partial charge is 0.246 e. The summed E-state index contributed by atoms with van der Waals surface area (Å²) in [4.78, 5) is 15.5. The van der Waals surface area contributed by atoms with E-state index in [1.54, 1.807) is 18.2 Å². The molecule has 1 atom stereocenters. The number of nitrogens with zero attached hydrogens (tertiary/aromatic N) is 2. The van der Waals surface area contributed by atoms with Gasteiger partial charge in [-0.3, -0.25) is 4.79 Å². The molecule has 7 heteroatoms. The van der Waals surface area contributed by atoms with Gasteiger partial charge in [0.25, 0.3) is 0 Å². The van der Waals surface area contributed by atoms with Gasteiger partial charge in [0.2, 0.25) is 5.91 Å². The lowest BCUT2D eigenvalue weighted by molar-refractivity contribution is -0.907. The number of ether oxygens (including phenoxy) is 1. The highest BCUT2D eigenvalue weighted by molar-refractivity contribution is 5.92. The first-order valence-electron chi connectivity index (χ1n) is 9.81. The Kier molecular flexibility index (Phi) is 9.36. The molecule has 2 aromatic carbocycles. The molecule has 1 aliphatic rings. The molecular formula is C23H26ClN3O3. The Hall–Kier alpha value is -2.85. The minimum Gasteiger partial charge on any atom is -1.00 e. The van der Waals surface area contributed by atoms with Gasteiger partial charge in [-0.2, -0.15) is 5.26 Å². The lowest BCUT2D eigenvalue weighted by Gasteiger charge is -2.32. The Labute approximate surface area is 183 Å². The zero-order valence-electron chi connectivity index (χ0n) is 16.7. The zero-order valence-corrected chi connectivity index (χ0v) is 17.5. The Morgan fingerprint density at radius 1 is 1.17 bits per heavy atom.